The number of nitrogens with one attached hydrogen (secondary N) is 1. The monoisotopic (exact) mass is 400 g/mol. The van der Waals surface area contributed by atoms with Gasteiger partial charge in [-0.3, -0.25) is 9.63 Å². The number of carbonyl (C=O) groups excluding carboxylic acids is 2. The Kier molecular flexibility index (Phi) is 8.02. The minimum atomic E-state index is -0.561. The number of benzene rings is 2. The van der Waals surface area contributed by atoms with Crippen LogP contribution in [0, 0.1) is 0 Å². The predicted octanol–water partition coefficient (Wildman–Crippen LogP) is 4.47. The maximum Gasteiger partial charge on any atom is 0.407 e. The summed E-state index contributed by atoms with van der Waals surface area (Å²) in [6, 6.07) is 14.4. The third-order valence-corrected chi connectivity index (χ3v) is 4.59. The van der Waals surface area contributed by atoms with Crippen molar-refractivity contribution >= 4 is 22.8 Å². The average molecular weight is 401 g/mol. The summed E-state index contributed by atoms with van der Waals surface area (Å²) < 4.78 is 5.41. The molecule has 0 heterocycles. The third-order valence-electron chi connectivity index (χ3n) is 4.59. The van der Waals surface area contributed by atoms with Crippen molar-refractivity contribution in [2.24, 2.45) is 0 Å². The Bertz CT molecular complexity index is 829. The Morgan fingerprint density at radius 2 is 1.79 bits per heavy atom. The molecule has 0 aromatic heterocycles. The highest BCUT2D eigenvalue weighted by atomic mass is 16.7. The average Bonchev–Trinajstić information content (AvgIpc) is 2.65. The summed E-state index contributed by atoms with van der Waals surface area (Å²) in [5.74, 6) is -0.0887. The predicted molar refractivity (Wildman–Crippen MR) is 114 cm³/mol. The molecule has 0 aliphatic carbocycles. The summed E-state index contributed by atoms with van der Waals surface area (Å²) in [7, 11) is 3.05. The molecular weight excluding hydrogens is 368 g/mol. The lowest BCUT2D eigenvalue weighted by atomic mass is 9.98. The quantitative estimate of drug-likeness (QED) is 0.664. The standard InChI is InChI=1S/C23H32N2O4/c1-23(2,3)29-22(27)24-20(11-8-12-21(26)25(4)28-5)16-17-13-14-18-9-6-7-10-19(18)15-17/h6-7,9-10,13-15,20H,8,11-12,16H2,1-5H3,(H,24,27). The van der Waals surface area contributed by atoms with Gasteiger partial charge in [-0.1, -0.05) is 42.5 Å². The molecule has 1 unspecified atom stereocenters. The van der Waals surface area contributed by atoms with Crippen LogP contribution in [0.5, 0.6) is 0 Å². The van der Waals surface area contributed by atoms with Gasteiger partial charge in [0.2, 0.25) is 5.91 Å². The van der Waals surface area contributed by atoms with Crippen LogP contribution < -0.4 is 5.32 Å². The molecule has 1 atom stereocenters. The first-order chi connectivity index (χ1) is 13.7. The number of amides is 2. The Labute approximate surface area is 173 Å². The van der Waals surface area contributed by atoms with Crippen molar-refractivity contribution in [1.82, 2.24) is 10.4 Å². The number of hydroxylamine groups is 2. The van der Waals surface area contributed by atoms with Crippen molar-refractivity contribution in [3.05, 3.63) is 48.0 Å². The molecule has 29 heavy (non-hydrogen) atoms. The van der Waals surface area contributed by atoms with Gasteiger partial charge in [0, 0.05) is 19.5 Å². The van der Waals surface area contributed by atoms with Gasteiger partial charge < -0.3 is 10.1 Å². The maximum absolute atomic E-state index is 12.3. The summed E-state index contributed by atoms with van der Waals surface area (Å²) in [6.45, 7) is 5.51. The molecule has 2 aromatic carbocycles. The molecule has 158 valence electrons. The van der Waals surface area contributed by atoms with Gasteiger partial charge in [0.1, 0.15) is 5.60 Å². The first-order valence-corrected chi connectivity index (χ1v) is 9.96. The van der Waals surface area contributed by atoms with Crippen molar-refractivity contribution in [2.75, 3.05) is 14.2 Å². The largest absolute Gasteiger partial charge is 0.444 e. The SMILES string of the molecule is CON(C)C(=O)CCCC(Cc1ccc2ccccc2c1)NC(=O)OC(C)(C)C. The molecule has 0 saturated heterocycles. The topological polar surface area (TPSA) is 67.9 Å². The van der Waals surface area contributed by atoms with Crippen LogP contribution in [-0.2, 0) is 20.8 Å². The summed E-state index contributed by atoms with van der Waals surface area (Å²) in [4.78, 5) is 29.2. The Morgan fingerprint density at radius 3 is 2.45 bits per heavy atom. The second kappa shape index (κ2) is 10.3. The number of ether oxygens (including phenoxy) is 1. The van der Waals surface area contributed by atoms with Gasteiger partial charge in [-0.05, 0) is 56.4 Å². The van der Waals surface area contributed by atoms with Crippen LogP contribution in [0.25, 0.3) is 10.8 Å². The van der Waals surface area contributed by atoms with Crippen LogP contribution in [-0.4, -0.2) is 42.9 Å². The highest BCUT2D eigenvalue weighted by Gasteiger charge is 2.20. The Balaban J connectivity index is 2.05. The van der Waals surface area contributed by atoms with Crippen LogP contribution in [0.2, 0.25) is 0 Å². The lowest BCUT2D eigenvalue weighted by molar-refractivity contribution is -0.168. The number of fused-ring (bicyclic) bond motifs is 1. The third kappa shape index (κ3) is 7.74. The van der Waals surface area contributed by atoms with E-state index in [4.69, 9.17) is 9.57 Å². The minimum absolute atomic E-state index is 0.0887. The smallest absolute Gasteiger partial charge is 0.407 e. The van der Waals surface area contributed by atoms with E-state index in [-0.39, 0.29) is 11.9 Å². The van der Waals surface area contributed by atoms with E-state index in [9.17, 15) is 9.59 Å². The van der Waals surface area contributed by atoms with Crippen LogP contribution >= 0.6 is 0 Å². The molecule has 6 nitrogen and oxygen atoms in total. The zero-order chi connectivity index (χ0) is 21.4. The van der Waals surface area contributed by atoms with Crippen molar-refractivity contribution in [3.63, 3.8) is 0 Å². The van der Waals surface area contributed by atoms with E-state index in [1.807, 2.05) is 32.9 Å². The second-order valence-corrected chi connectivity index (χ2v) is 8.19. The van der Waals surface area contributed by atoms with Crippen LogP contribution in [0.15, 0.2) is 42.5 Å². The van der Waals surface area contributed by atoms with Gasteiger partial charge in [-0.15, -0.1) is 0 Å². The fraction of sp³-hybridized carbons (Fsp3) is 0.478. The molecule has 2 rings (SSSR count). The molecule has 2 aromatic rings. The molecule has 0 aliphatic heterocycles. The van der Waals surface area contributed by atoms with E-state index in [1.54, 1.807) is 7.05 Å². The van der Waals surface area contributed by atoms with E-state index < -0.39 is 11.7 Å². The normalized spacial score (nSPS) is 12.4. The number of hydrogen-bond donors (Lipinski definition) is 1. The van der Waals surface area contributed by atoms with Gasteiger partial charge in [-0.2, -0.15) is 0 Å². The number of nitrogens with zero attached hydrogens (tertiary/aromatic N) is 1. The van der Waals surface area contributed by atoms with Crippen molar-refractivity contribution in [1.29, 1.82) is 0 Å². The van der Waals surface area contributed by atoms with Gasteiger partial charge in [0.05, 0.1) is 7.11 Å². The zero-order valence-electron chi connectivity index (χ0n) is 18.0. The maximum atomic E-state index is 12.3. The van der Waals surface area contributed by atoms with Gasteiger partial charge in [0.15, 0.2) is 0 Å². The van der Waals surface area contributed by atoms with E-state index in [0.29, 0.717) is 25.7 Å². The zero-order valence-corrected chi connectivity index (χ0v) is 18.0. The molecule has 0 fully saturated rings. The lowest BCUT2D eigenvalue weighted by Crippen LogP contribution is -2.40. The lowest BCUT2D eigenvalue weighted by Gasteiger charge is -2.24. The summed E-state index contributed by atoms with van der Waals surface area (Å²) in [5, 5.41) is 6.54. The molecular formula is C23H32N2O4. The number of alkyl carbamates (subject to hydrolysis) is 1. The number of hydrogen-bond acceptors (Lipinski definition) is 4. The highest BCUT2D eigenvalue weighted by Crippen LogP contribution is 2.18. The Hall–Kier alpha value is -2.60. The summed E-state index contributed by atoms with van der Waals surface area (Å²) in [6.07, 6.45) is 1.88. The van der Waals surface area contributed by atoms with Crippen molar-refractivity contribution in [3.8, 4) is 0 Å². The fourth-order valence-electron chi connectivity index (χ4n) is 3.11. The molecule has 2 amide bonds. The molecule has 6 heteroatoms. The van der Waals surface area contributed by atoms with Crippen LogP contribution in [0.4, 0.5) is 4.79 Å². The number of carbonyl (C=O) groups is 2. The van der Waals surface area contributed by atoms with Gasteiger partial charge in [0.25, 0.3) is 0 Å². The van der Waals surface area contributed by atoms with Gasteiger partial charge in [-0.25, -0.2) is 9.86 Å². The Morgan fingerprint density at radius 1 is 1.10 bits per heavy atom. The van der Waals surface area contributed by atoms with E-state index in [2.05, 4.69) is 35.6 Å². The van der Waals surface area contributed by atoms with Crippen molar-refractivity contribution < 1.29 is 19.2 Å². The summed E-state index contributed by atoms with van der Waals surface area (Å²) >= 11 is 0. The van der Waals surface area contributed by atoms with Crippen LogP contribution in [0.1, 0.15) is 45.6 Å². The summed E-state index contributed by atoms with van der Waals surface area (Å²) in [5.41, 5.74) is 0.569. The van der Waals surface area contributed by atoms with Crippen molar-refractivity contribution in [2.45, 2.75) is 58.1 Å². The minimum Gasteiger partial charge on any atom is -0.444 e. The molecule has 0 aliphatic rings. The fourth-order valence-corrected chi connectivity index (χ4v) is 3.11. The molecule has 0 saturated carbocycles. The first kappa shape index (κ1) is 22.7. The van der Waals surface area contributed by atoms with Gasteiger partial charge >= 0.3 is 6.09 Å². The molecule has 0 radical (unpaired) electrons. The molecule has 0 bridgehead atoms. The van der Waals surface area contributed by atoms with E-state index in [1.165, 1.54) is 17.6 Å². The molecule has 1 N–H and O–H groups in total. The highest BCUT2D eigenvalue weighted by molar-refractivity contribution is 5.83. The van der Waals surface area contributed by atoms with E-state index >= 15 is 0 Å². The van der Waals surface area contributed by atoms with Crippen LogP contribution in [0.3, 0.4) is 0 Å². The molecule has 0 spiro atoms. The second-order valence-electron chi connectivity index (χ2n) is 8.19. The number of rotatable bonds is 8. The van der Waals surface area contributed by atoms with E-state index in [0.717, 1.165) is 10.9 Å². The first-order valence-electron chi connectivity index (χ1n) is 9.96.